The van der Waals surface area contributed by atoms with Gasteiger partial charge in [0.25, 0.3) is 11.8 Å². The Morgan fingerprint density at radius 2 is 1.54 bits per heavy atom. The molecular weight excluding hydrogens is 861 g/mol. The summed E-state index contributed by atoms with van der Waals surface area (Å²) in [6, 6.07) is 14.4. The number of urea groups is 1. The third-order valence-corrected chi connectivity index (χ3v) is 16.4. The molecule has 2 aromatic carbocycles. The highest BCUT2D eigenvalue weighted by atomic mass is 16.2. The van der Waals surface area contributed by atoms with Gasteiger partial charge in [0.2, 0.25) is 17.8 Å². The van der Waals surface area contributed by atoms with Crippen molar-refractivity contribution >= 4 is 52.8 Å². The van der Waals surface area contributed by atoms with Crippen LogP contribution < -0.4 is 26.2 Å². The van der Waals surface area contributed by atoms with E-state index in [0.29, 0.717) is 48.0 Å². The van der Waals surface area contributed by atoms with Crippen molar-refractivity contribution in [3.8, 4) is 0 Å². The molecule has 17 heteroatoms. The number of nitrogens with zero attached hydrogens (tertiary/aromatic N) is 9. The highest BCUT2D eigenvalue weighted by Crippen LogP contribution is 2.38. The largest absolute Gasteiger partial charge is 0.372 e. The van der Waals surface area contributed by atoms with Gasteiger partial charge in [-0.2, -0.15) is 4.98 Å². The van der Waals surface area contributed by atoms with Gasteiger partial charge in [-0.25, -0.2) is 4.79 Å². The van der Waals surface area contributed by atoms with E-state index in [1.807, 2.05) is 24.1 Å². The van der Waals surface area contributed by atoms with Crippen molar-refractivity contribution in [1.82, 2.24) is 40.1 Å². The molecule has 6 fully saturated rings. The van der Waals surface area contributed by atoms with Gasteiger partial charge in [-0.1, -0.05) is 37.8 Å². The Bertz CT molecular complexity index is 2360. The zero-order valence-electron chi connectivity index (χ0n) is 39.6. The smallest absolute Gasteiger partial charge is 0.320 e. The van der Waals surface area contributed by atoms with Crippen molar-refractivity contribution in [2.45, 2.75) is 127 Å². The van der Waals surface area contributed by atoms with Crippen LogP contribution in [0.3, 0.4) is 0 Å². The second-order valence-corrected chi connectivity index (χ2v) is 20.6. The number of primary amides is 1. The Balaban J connectivity index is 0.730. The van der Waals surface area contributed by atoms with E-state index in [1.165, 1.54) is 31.2 Å². The van der Waals surface area contributed by atoms with Gasteiger partial charge in [0.1, 0.15) is 6.04 Å². The van der Waals surface area contributed by atoms with Crippen LogP contribution >= 0.6 is 0 Å². The summed E-state index contributed by atoms with van der Waals surface area (Å²) in [6.07, 6.45) is 15.0. The number of anilines is 4. The SMILES string of the molecule is CN1CCN(C2CCCN(c3nnc(C(N)=O)c(Nc4ccc(C5CCN(CC6CCN(c7ccc8c(c7)CN(C7CCC(=O)NC7=O)C8=O)CC6)CC5)cc4)n3)C(C3CCCCCC3)C2)C1=O. The summed E-state index contributed by atoms with van der Waals surface area (Å²) in [5.74, 6) is 0.914. The average Bonchev–Trinajstić information content (AvgIpc) is 3.59. The lowest BCUT2D eigenvalue weighted by Gasteiger charge is -2.38. The molecule has 5 saturated heterocycles. The van der Waals surface area contributed by atoms with E-state index >= 15 is 0 Å². The molecule has 17 nitrogen and oxygen atoms in total. The number of rotatable bonds is 11. The van der Waals surface area contributed by atoms with E-state index in [1.54, 1.807) is 4.90 Å². The number of aromatic nitrogens is 3. The standard InChI is InChI=1S/C51H68N12O5/c1-58-27-28-61(51(58)68)40-9-6-22-62(43(30-40)36-7-4-2-3-5-8-36)50-55-47(45(46(52)65)56-57-50)53-38-12-10-34(11-13-38)35-20-23-59(24-21-35)31-33-18-25-60(26-19-33)39-14-15-41-37(29-39)32-63(49(41)67)42-16-17-44(64)54-48(42)66/h10-15,29,33,35-36,40,42-43H,2-9,16-28,30-32H2,1H3,(H2,52,65)(H,53,55,57)(H,54,64,66). The minimum atomic E-state index is -0.680. The van der Waals surface area contributed by atoms with Crippen LogP contribution in [0.5, 0.6) is 0 Å². The second-order valence-electron chi connectivity index (χ2n) is 20.6. The molecule has 1 aliphatic carbocycles. The quantitative estimate of drug-likeness (QED) is 0.159. The normalized spacial score (nSPS) is 25.1. The molecule has 3 unspecified atom stereocenters. The Kier molecular flexibility index (Phi) is 13.5. The number of carbonyl (C=O) groups is 5. The first-order valence-corrected chi connectivity index (χ1v) is 25.5. The molecule has 0 bridgehead atoms. The predicted molar refractivity (Wildman–Crippen MR) is 259 cm³/mol. The monoisotopic (exact) mass is 929 g/mol. The molecule has 0 radical (unpaired) electrons. The van der Waals surface area contributed by atoms with Crippen molar-refractivity contribution in [2.24, 2.45) is 17.6 Å². The van der Waals surface area contributed by atoms with Gasteiger partial charge in [0, 0.05) is 88.3 Å². The Morgan fingerprint density at radius 3 is 2.25 bits per heavy atom. The summed E-state index contributed by atoms with van der Waals surface area (Å²) in [6.45, 7) is 7.86. The molecule has 10 rings (SSSR count). The lowest BCUT2D eigenvalue weighted by Crippen LogP contribution is -2.52. The van der Waals surface area contributed by atoms with Crippen LogP contribution in [0.15, 0.2) is 42.5 Å². The summed E-state index contributed by atoms with van der Waals surface area (Å²) in [5, 5.41) is 14.7. The summed E-state index contributed by atoms with van der Waals surface area (Å²) in [5.41, 5.74) is 10.7. The summed E-state index contributed by atoms with van der Waals surface area (Å²) < 4.78 is 0. The maximum absolute atomic E-state index is 13.2. The number of fused-ring (bicyclic) bond motifs is 1. The van der Waals surface area contributed by atoms with Gasteiger partial charge in [-0.15, -0.1) is 10.2 Å². The molecule has 6 amide bonds. The summed E-state index contributed by atoms with van der Waals surface area (Å²) >= 11 is 0. The number of piperidine rings is 3. The van der Waals surface area contributed by atoms with E-state index in [2.05, 4.69) is 70.8 Å². The average molecular weight is 929 g/mol. The van der Waals surface area contributed by atoms with E-state index in [0.717, 1.165) is 127 Å². The number of hydrogen-bond donors (Lipinski definition) is 3. The van der Waals surface area contributed by atoms with Crippen LogP contribution in [0.1, 0.15) is 134 Å². The maximum Gasteiger partial charge on any atom is 0.320 e. The van der Waals surface area contributed by atoms with Crippen LogP contribution in [0.25, 0.3) is 0 Å². The highest BCUT2D eigenvalue weighted by Gasteiger charge is 2.41. The lowest BCUT2D eigenvalue weighted by atomic mass is 9.86. The first-order valence-electron chi connectivity index (χ1n) is 25.5. The van der Waals surface area contributed by atoms with E-state index in [9.17, 15) is 24.0 Å². The number of nitrogens with two attached hydrogens (primary N) is 1. The van der Waals surface area contributed by atoms with Crippen LogP contribution in [0, 0.1) is 11.8 Å². The fourth-order valence-corrected chi connectivity index (χ4v) is 12.5. The molecule has 0 spiro atoms. The number of imide groups is 1. The Morgan fingerprint density at radius 1 is 0.779 bits per heavy atom. The Labute approximate surface area is 399 Å². The number of hydrogen-bond acceptors (Lipinski definition) is 12. The molecule has 7 aliphatic rings. The lowest BCUT2D eigenvalue weighted by molar-refractivity contribution is -0.136. The number of amides is 6. The fraction of sp³-hybridized carbons (Fsp3) is 0.608. The minimum Gasteiger partial charge on any atom is -0.372 e. The van der Waals surface area contributed by atoms with Gasteiger partial charge >= 0.3 is 6.03 Å². The van der Waals surface area contributed by atoms with Gasteiger partial charge in [0.05, 0.1) is 0 Å². The molecule has 7 heterocycles. The first-order chi connectivity index (χ1) is 33.1. The van der Waals surface area contributed by atoms with Crippen molar-refractivity contribution in [1.29, 1.82) is 0 Å². The summed E-state index contributed by atoms with van der Waals surface area (Å²) in [4.78, 5) is 81.2. The van der Waals surface area contributed by atoms with Crippen molar-refractivity contribution < 1.29 is 24.0 Å². The zero-order valence-corrected chi connectivity index (χ0v) is 39.6. The van der Waals surface area contributed by atoms with Crippen molar-refractivity contribution in [2.75, 3.05) is 74.5 Å². The molecule has 1 saturated carbocycles. The van der Waals surface area contributed by atoms with E-state index in [4.69, 9.17) is 10.7 Å². The number of benzene rings is 2. The van der Waals surface area contributed by atoms with Crippen LogP contribution in [-0.2, 0) is 16.1 Å². The number of likely N-dealkylation sites (N-methyl/N-ethyl adjacent to an activating group) is 1. The molecule has 68 heavy (non-hydrogen) atoms. The van der Waals surface area contributed by atoms with Crippen LogP contribution in [0.2, 0.25) is 0 Å². The van der Waals surface area contributed by atoms with Crippen LogP contribution in [-0.4, -0.2) is 142 Å². The van der Waals surface area contributed by atoms with Gasteiger partial charge in [-0.3, -0.25) is 24.5 Å². The molecule has 1 aromatic heterocycles. The van der Waals surface area contributed by atoms with Crippen molar-refractivity contribution in [3.05, 3.63) is 64.8 Å². The minimum absolute atomic E-state index is 0.0151. The zero-order chi connectivity index (χ0) is 46.9. The molecule has 3 aromatic rings. The number of likely N-dealkylation sites (tertiary alicyclic amines) is 1. The molecule has 3 atom stereocenters. The van der Waals surface area contributed by atoms with Crippen LogP contribution in [0.4, 0.5) is 27.9 Å². The van der Waals surface area contributed by atoms with Gasteiger partial charge in [0.15, 0.2) is 11.5 Å². The second kappa shape index (κ2) is 20.0. The fourth-order valence-electron chi connectivity index (χ4n) is 12.5. The predicted octanol–water partition coefficient (Wildman–Crippen LogP) is 5.64. The molecule has 6 aliphatic heterocycles. The number of nitrogens with one attached hydrogen (secondary N) is 2. The Hall–Kier alpha value is -5.84. The van der Waals surface area contributed by atoms with Crippen molar-refractivity contribution in [3.63, 3.8) is 0 Å². The van der Waals surface area contributed by atoms with E-state index in [-0.39, 0.29) is 48.0 Å². The highest BCUT2D eigenvalue weighted by molar-refractivity contribution is 6.05. The number of carbonyl (C=O) groups excluding carboxylic acids is 5. The van der Waals surface area contributed by atoms with Gasteiger partial charge in [-0.05, 0) is 137 Å². The third-order valence-electron chi connectivity index (χ3n) is 16.4. The third kappa shape index (κ3) is 9.72. The molecule has 4 N–H and O–H groups in total. The van der Waals surface area contributed by atoms with E-state index < -0.39 is 11.9 Å². The molecular formula is C51H68N12O5. The topological polar surface area (TPSA) is 194 Å². The maximum atomic E-state index is 13.2. The first kappa shape index (κ1) is 45.9. The van der Waals surface area contributed by atoms with Gasteiger partial charge < -0.3 is 40.4 Å². The molecule has 362 valence electrons. The summed E-state index contributed by atoms with van der Waals surface area (Å²) in [7, 11) is 1.89.